The number of hydrogen-bond acceptors (Lipinski definition) is 4. The number of thiazole rings is 1. The summed E-state index contributed by atoms with van der Waals surface area (Å²) >= 11 is 1.37. The van der Waals surface area contributed by atoms with Gasteiger partial charge in [0.1, 0.15) is 9.88 Å². The van der Waals surface area contributed by atoms with E-state index in [2.05, 4.69) is 4.98 Å². The number of ether oxygens (including phenoxy) is 1. The van der Waals surface area contributed by atoms with Crippen molar-refractivity contribution in [1.29, 1.82) is 0 Å². The van der Waals surface area contributed by atoms with Gasteiger partial charge in [0.25, 0.3) is 0 Å². The summed E-state index contributed by atoms with van der Waals surface area (Å²) in [6.45, 7) is 2.16. The Balaban J connectivity index is 2.13. The summed E-state index contributed by atoms with van der Waals surface area (Å²) < 4.78 is 7.16. The van der Waals surface area contributed by atoms with Crippen LogP contribution in [0.2, 0.25) is 0 Å². The van der Waals surface area contributed by atoms with Gasteiger partial charge in [0.15, 0.2) is 0 Å². The summed E-state index contributed by atoms with van der Waals surface area (Å²) in [5, 5.41) is 0.814. The molecule has 1 aromatic carbocycles. The first-order chi connectivity index (χ1) is 10.7. The highest BCUT2D eigenvalue weighted by molar-refractivity contribution is 7.17. The van der Waals surface area contributed by atoms with Crippen LogP contribution >= 0.6 is 11.3 Å². The fraction of sp³-hybridized carbons (Fsp3) is 0.176. The summed E-state index contributed by atoms with van der Waals surface area (Å²) in [5.41, 5.74) is 2.58. The topological polar surface area (TPSA) is 44.1 Å². The monoisotopic (exact) mass is 312 g/mol. The van der Waals surface area contributed by atoms with Gasteiger partial charge in [0, 0.05) is 18.8 Å². The Morgan fingerprint density at radius 2 is 2.00 bits per heavy atom. The largest absolute Gasteiger partial charge is 0.462 e. The molecule has 2 heterocycles. The minimum atomic E-state index is -0.320. The van der Waals surface area contributed by atoms with Crippen LogP contribution < -0.4 is 0 Å². The van der Waals surface area contributed by atoms with Crippen LogP contribution in [0.5, 0.6) is 0 Å². The summed E-state index contributed by atoms with van der Waals surface area (Å²) in [4.78, 5) is 17.5. The highest BCUT2D eigenvalue weighted by Gasteiger charge is 2.21. The summed E-state index contributed by atoms with van der Waals surface area (Å²) in [6, 6.07) is 13.7. The predicted octanol–water partition coefficient (Wildman–Crippen LogP) is 3.99. The molecule has 0 saturated carbocycles. The van der Waals surface area contributed by atoms with Gasteiger partial charge in [-0.1, -0.05) is 30.3 Å². The minimum absolute atomic E-state index is 0.320. The molecule has 0 N–H and O–H groups in total. The maximum absolute atomic E-state index is 12.2. The molecule has 3 rings (SSSR count). The number of aryl methyl sites for hydroxylation is 1. The maximum atomic E-state index is 12.2. The van der Waals surface area contributed by atoms with Crippen molar-refractivity contribution in [3.8, 4) is 22.0 Å². The quantitative estimate of drug-likeness (QED) is 0.684. The van der Waals surface area contributed by atoms with Gasteiger partial charge >= 0.3 is 5.97 Å². The number of hydrogen-bond donors (Lipinski definition) is 0. The normalized spacial score (nSPS) is 10.6. The molecule has 22 heavy (non-hydrogen) atoms. The number of esters is 1. The Morgan fingerprint density at radius 1 is 1.23 bits per heavy atom. The lowest BCUT2D eigenvalue weighted by Gasteiger charge is -2.01. The molecule has 2 aromatic heterocycles. The van der Waals surface area contributed by atoms with Crippen molar-refractivity contribution >= 4 is 17.3 Å². The zero-order chi connectivity index (χ0) is 15.5. The van der Waals surface area contributed by atoms with Crippen LogP contribution in [0.1, 0.15) is 16.6 Å². The zero-order valence-electron chi connectivity index (χ0n) is 12.4. The van der Waals surface area contributed by atoms with Gasteiger partial charge in [-0.05, 0) is 19.1 Å². The molecule has 0 bridgehead atoms. The highest BCUT2D eigenvalue weighted by atomic mass is 32.1. The molecule has 3 aromatic rings. The molecule has 0 fully saturated rings. The first kappa shape index (κ1) is 14.5. The van der Waals surface area contributed by atoms with E-state index in [-0.39, 0.29) is 5.97 Å². The number of carbonyl (C=O) groups excluding carboxylic acids is 1. The molecule has 0 spiro atoms. The SMILES string of the molecule is CCOC(=O)c1sc(-c2cccn2C)nc1-c1ccccc1. The molecule has 5 heteroatoms. The predicted molar refractivity (Wildman–Crippen MR) is 87.9 cm³/mol. The van der Waals surface area contributed by atoms with Crippen molar-refractivity contribution in [2.75, 3.05) is 6.61 Å². The maximum Gasteiger partial charge on any atom is 0.350 e. The Bertz CT molecular complexity index is 790. The van der Waals surface area contributed by atoms with Crippen LogP contribution in [-0.4, -0.2) is 22.1 Å². The van der Waals surface area contributed by atoms with E-state index in [1.807, 2.05) is 60.3 Å². The fourth-order valence-corrected chi connectivity index (χ4v) is 3.29. The van der Waals surface area contributed by atoms with Crippen molar-refractivity contribution < 1.29 is 9.53 Å². The third-order valence-corrected chi connectivity index (χ3v) is 4.36. The van der Waals surface area contributed by atoms with Crippen LogP contribution in [0.15, 0.2) is 48.7 Å². The average molecular weight is 312 g/mol. The van der Waals surface area contributed by atoms with E-state index in [0.29, 0.717) is 17.2 Å². The Morgan fingerprint density at radius 3 is 2.64 bits per heavy atom. The van der Waals surface area contributed by atoms with E-state index in [9.17, 15) is 4.79 Å². The smallest absolute Gasteiger partial charge is 0.350 e. The molecule has 0 saturated heterocycles. The Labute approximate surface area is 133 Å². The average Bonchev–Trinajstić information content (AvgIpc) is 3.14. The number of nitrogens with zero attached hydrogens (tertiary/aromatic N) is 2. The van der Waals surface area contributed by atoms with Crippen LogP contribution in [0.25, 0.3) is 22.0 Å². The lowest BCUT2D eigenvalue weighted by atomic mass is 10.1. The molecule has 0 aliphatic heterocycles. The van der Waals surface area contributed by atoms with Crippen LogP contribution in [-0.2, 0) is 11.8 Å². The van der Waals surface area contributed by atoms with Gasteiger partial charge in [-0.25, -0.2) is 9.78 Å². The number of rotatable bonds is 4. The van der Waals surface area contributed by atoms with E-state index in [1.165, 1.54) is 11.3 Å². The van der Waals surface area contributed by atoms with E-state index in [1.54, 1.807) is 6.92 Å². The lowest BCUT2D eigenvalue weighted by molar-refractivity contribution is 0.0532. The van der Waals surface area contributed by atoms with Gasteiger partial charge in [-0.3, -0.25) is 0 Å². The van der Waals surface area contributed by atoms with Crippen molar-refractivity contribution in [2.24, 2.45) is 7.05 Å². The van der Waals surface area contributed by atoms with E-state index >= 15 is 0 Å². The summed E-state index contributed by atoms with van der Waals surface area (Å²) in [6.07, 6.45) is 1.96. The Kier molecular flexibility index (Phi) is 4.06. The van der Waals surface area contributed by atoms with Gasteiger partial charge in [0.05, 0.1) is 18.0 Å². The van der Waals surface area contributed by atoms with Crippen LogP contribution in [0, 0.1) is 0 Å². The molecule has 0 amide bonds. The fourth-order valence-electron chi connectivity index (χ4n) is 2.24. The lowest BCUT2D eigenvalue weighted by Crippen LogP contribution is -2.03. The van der Waals surface area contributed by atoms with Crippen molar-refractivity contribution in [3.63, 3.8) is 0 Å². The highest BCUT2D eigenvalue weighted by Crippen LogP contribution is 2.34. The minimum Gasteiger partial charge on any atom is -0.462 e. The number of aromatic nitrogens is 2. The van der Waals surface area contributed by atoms with Crippen molar-refractivity contribution in [3.05, 3.63) is 53.5 Å². The molecule has 0 radical (unpaired) electrons. The van der Waals surface area contributed by atoms with Crippen molar-refractivity contribution in [2.45, 2.75) is 6.92 Å². The third-order valence-electron chi connectivity index (χ3n) is 3.30. The summed E-state index contributed by atoms with van der Waals surface area (Å²) in [7, 11) is 1.96. The van der Waals surface area contributed by atoms with Gasteiger partial charge < -0.3 is 9.30 Å². The molecule has 0 aliphatic rings. The number of carbonyl (C=O) groups is 1. The third kappa shape index (κ3) is 2.67. The number of benzene rings is 1. The van der Waals surface area contributed by atoms with Gasteiger partial charge in [-0.2, -0.15) is 0 Å². The van der Waals surface area contributed by atoms with Crippen LogP contribution in [0.4, 0.5) is 0 Å². The molecule has 0 aliphatic carbocycles. The van der Waals surface area contributed by atoms with Gasteiger partial charge in [0.2, 0.25) is 0 Å². The van der Waals surface area contributed by atoms with E-state index in [0.717, 1.165) is 16.3 Å². The zero-order valence-corrected chi connectivity index (χ0v) is 13.3. The molecular weight excluding hydrogens is 296 g/mol. The Hall–Kier alpha value is -2.40. The van der Waals surface area contributed by atoms with E-state index in [4.69, 9.17) is 4.74 Å². The molecule has 112 valence electrons. The summed E-state index contributed by atoms with van der Waals surface area (Å²) in [5.74, 6) is -0.320. The van der Waals surface area contributed by atoms with Crippen molar-refractivity contribution in [1.82, 2.24) is 9.55 Å². The second kappa shape index (κ2) is 6.15. The second-order valence-electron chi connectivity index (χ2n) is 4.79. The molecule has 0 unspecified atom stereocenters. The molecule has 4 nitrogen and oxygen atoms in total. The second-order valence-corrected chi connectivity index (χ2v) is 5.79. The first-order valence-corrected chi connectivity index (χ1v) is 7.87. The van der Waals surface area contributed by atoms with Gasteiger partial charge in [-0.15, -0.1) is 11.3 Å². The standard InChI is InChI=1S/C17H16N2O2S/c1-3-21-17(20)15-14(12-8-5-4-6-9-12)18-16(22-15)13-10-7-11-19(13)2/h4-11H,3H2,1-2H3. The van der Waals surface area contributed by atoms with Crippen LogP contribution in [0.3, 0.4) is 0 Å². The molecular formula is C17H16N2O2S. The first-order valence-electron chi connectivity index (χ1n) is 7.05. The van der Waals surface area contributed by atoms with E-state index < -0.39 is 0 Å². The molecule has 0 atom stereocenters.